The molecule has 1 N–H and O–H groups in total. The van der Waals surface area contributed by atoms with E-state index in [1.807, 2.05) is 19.1 Å². The van der Waals surface area contributed by atoms with Crippen LogP contribution in [0.4, 0.5) is 4.79 Å². The molecule has 0 aromatic carbocycles. The van der Waals surface area contributed by atoms with Gasteiger partial charge in [-0.2, -0.15) is 0 Å². The molecule has 5 nitrogen and oxygen atoms in total. The maximum absolute atomic E-state index is 11.9. The summed E-state index contributed by atoms with van der Waals surface area (Å²) < 4.78 is 5.19. The second kappa shape index (κ2) is 5.27. The molecule has 1 fully saturated rings. The molecule has 17 heavy (non-hydrogen) atoms. The Balaban J connectivity index is 1.85. The number of carbonyl (C=O) groups is 2. The van der Waals surface area contributed by atoms with Crippen molar-refractivity contribution in [1.82, 2.24) is 10.2 Å². The maximum atomic E-state index is 11.9. The molecule has 1 aliphatic heterocycles. The van der Waals surface area contributed by atoms with Crippen LogP contribution in [0, 0.1) is 0 Å². The van der Waals surface area contributed by atoms with Crippen LogP contribution in [0.2, 0.25) is 0 Å². The summed E-state index contributed by atoms with van der Waals surface area (Å²) in [6.45, 7) is 2.81. The molecule has 0 spiro atoms. The number of amides is 3. The lowest BCUT2D eigenvalue weighted by atomic mass is 10.4. The topological polar surface area (TPSA) is 62.6 Å². The van der Waals surface area contributed by atoms with Gasteiger partial charge in [0.1, 0.15) is 5.76 Å². The van der Waals surface area contributed by atoms with Gasteiger partial charge >= 0.3 is 6.03 Å². The van der Waals surface area contributed by atoms with Crippen molar-refractivity contribution in [2.45, 2.75) is 17.9 Å². The second-order valence-electron chi connectivity index (χ2n) is 3.75. The number of imide groups is 1. The van der Waals surface area contributed by atoms with Crippen molar-refractivity contribution < 1.29 is 14.0 Å². The molecule has 3 amide bonds. The molecule has 0 radical (unpaired) electrons. The van der Waals surface area contributed by atoms with Crippen LogP contribution in [0.5, 0.6) is 0 Å². The number of thioether (sulfide) groups is 1. The molecule has 0 unspecified atom stereocenters. The van der Waals surface area contributed by atoms with Crippen molar-refractivity contribution in [2.24, 2.45) is 0 Å². The minimum Gasteiger partial charge on any atom is -0.468 e. The predicted octanol–water partition coefficient (Wildman–Crippen LogP) is 1.45. The fraction of sp³-hybridized carbons (Fsp3) is 0.455. The summed E-state index contributed by atoms with van der Waals surface area (Å²) in [5, 5.41) is 2.37. The van der Waals surface area contributed by atoms with Gasteiger partial charge in [0.15, 0.2) is 0 Å². The standard InChI is InChI=1S/C11H14N2O3S/c1-8(17-7-9-3-2-6-16-9)10(14)13-5-4-12-11(13)15/h2-3,6,8H,4-5,7H2,1H3,(H,12,15)/t8-/m1/s1. The lowest BCUT2D eigenvalue weighted by Crippen LogP contribution is -2.38. The van der Waals surface area contributed by atoms with Crippen LogP contribution >= 0.6 is 11.8 Å². The Kier molecular flexibility index (Phi) is 3.73. The van der Waals surface area contributed by atoms with E-state index in [1.54, 1.807) is 6.26 Å². The van der Waals surface area contributed by atoms with Gasteiger partial charge in [0.25, 0.3) is 0 Å². The van der Waals surface area contributed by atoms with Crippen LogP contribution in [0.25, 0.3) is 0 Å². The third kappa shape index (κ3) is 2.82. The maximum Gasteiger partial charge on any atom is 0.324 e. The van der Waals surface area contributed by atoms with Crippen LogP contribution in [-0.2, 0) is 10.5 Å². The molecule has 6 heteroatoms. The molecule has 92 valence electrons. The Morgan fingerprint density at radius 2 is 2.53 bits per heavy atom. The summed E-state index contributed by atoms with van der Waals surface area (Å²) in [7, 11) is 0. The normalized spacial score (nSPS) is 17.0. The quantitative estimate of drug-likeness (QED) is 0.883. The molecule has 2 rings (SSSR count). The number of hydrogen-bond donors (Lipinski definition) is 1. The van der Waals surface area contributed by atoms with Gasteiger partial charge < -0.3 is 9.73 Å². The van der Waals surface area contributed by atoms with Crippen LogP contribution in [-0.4, -0.2) is 35.2 Å². The fourth-order valence-electron chi connectivity index (χ4n) is 1.57. The minimum atomic E-state index is -0.291. The second-order valence-corrected chi connectivity index (χ2v) is 5.08. The molecular formula is C11H14N2O3S. The number of nitrogens with zero attached hydrogens (tertiary/aromatic N) is 1. The van der Waals surface area contributed by atoms with E-state index >= 15 is 0 Å². The Bertz CT molecular complexity index is 405. The number of rotatable bonds is 4. The molecule has 0 aliphatic carbocycles. The van der Waals surface area contributed by atoms with E-state index in [9.17, 15) is 9.59 Å². The molecule has 0 saturated carbocycles. The molecule has 1 saturated heterocycles. The fourth-order valence-corrected chi connectivity index (χ4v) is 2.42. The summed E-state index contributed by atoms with van der Waals surface area (Å²) in [5.41, 5.74) is 0. The lowest BCUT2D eigenvalue weighted by molar-refractivity contribution is -0.126. The van der Waals surface area contributed by atoms with Gasteiger partial charge in [-0.25, -0.2) is 4.79 Å². The van der Waals surface area contributed by atoms with E-state index < -0.39 is 0 Å². The van der Waals surface area contributed by atoms with Crippen molar-refractivity contribution in [2.75, 3.05) is 13.1 Å². The third-order valence-corrected chi connectivity index (χ3v) is 3.68. The number of carbonyl (C=O) groups excluding carboxylic acids is 2. The van der Waals surface area contributed by atoms with Crippen LogP contribution in [0.15, 0.2) is 22.8 Å². The average Bonchev–Trinajstić information content (AvgIpc) is 2.95. The lowest BCUT2D eigenvalue weighted by Gasteiger charge is -2.16. The smallest absolute Gasteiger partial charge is 0.324 e. The summed E-state index contributed by atoms with van der Waals surface area (Å²) in [5.74, 6) is 1.33. The van der Waals surface area contributed by atoms with Crippen molar-refractivity contribution in [1.29, 1.82) is 0 Å². The first-order valence-corrected chi connectivity index (χ1v) is 6.46. The number of hydrogen-bond acceptors (Lipinski definition) is 4. The van der Waals surface area contributed by atoms with Crippen LogP contribution in [0.1, 0.15) is 12.7 Å². The van der Waals surface area contributed by atoms with Crippen molar-refractivity contribution >= 4 is 23.7 Å². The monoisotopic (exact) mass is 254 g/mol. The van der Waals surface area contributed by atoms with Gasteiger partial charge in [-0.15, -0.1) is 11.8 Å². The molecule has 1 aromatic heterocycles. The van der Waals surface area contributed by atoms with Crippen LogP contribution in [0.3, 0.4) is 0 Å². The molecule has 2 heterocycles. The molecule has 0 bridgehead atoms. The van der Waals surface area contributed by atoms with E-state index in [4.69, 9.17) is 4.42 Å². The summed E-state index contributed by atoms with van der Waals surface area (Å²) >= 11 is 1.47. The van der Waals surface area contributed by atoms with Crippen LogP contribution < -0.4 is 5.32 Å². The SMILES string of the molecule is C[C@@H](SCc1ccco1)C(=O)N1CCNC1=O. The van der Waals surface area contributed by atoms with Gasteiger partial charge in [0.05, 0.1) is 17.3 Å². The summed E-state index contributed by atoms with van der Waals surface area (Å²) in [6.07, 6.45) is 1.61. The van der Waals surface area contributed by atoms with E-state index in [2.05, 4.69) is 5.32 Å². The van der Waals surface area contributed by atoms with Crippen molar-refractivity contribution in [3.05, 3.63) is 24.2 Å². The Morgan fingerprint density at radius 3 is 3.12 bits per heavy atom. The zero-order valence-electron chi connectivity index (χ0n) is 9.51. The van der Waals surface area contributed by atoms with E-state index in [-0.39, 0.29) is 17.2 Å². The Hall–Kier alpha value is -1.43. The highest BCUT2D eigenvalue weighted by atomic mass is 32.2. The first-order valence-electron chi connectivity index (χ1n) is 5.41. The Morgan fingerprint density at radius 1 is 1.71 bits per heavy atom. The third-order valence-electron chi connectivity index (χ3n) is 2.53. The zero-order valence-corrected chi connectivity index (χ0v) is 10.3. The largest absolute Gasteiger partial charge is 0.468 e. The highest BCUT2D eigenvalue weighted by molar-refractivity contribution is 7.99. The van der Waals surface area contributed by atoms with Gasteiger partial charge in [0, 0.05) is 13.1 Å². The van der Waals surface area contributed by atoms with Gasteiger partial charge in [-0.1, -0.05) is 0 Å². The summed E-state index contributed by atoms with van der Waals surface area (Å²) in [6, 6.07) is 3.39. The Labute approximate surface area is 104 Å². The zero-order chi connectivity index (χ0) is 12.3. The first kappa shape index (κ1) is 12.0. The van der Waals surface area contributed by atoms with Gasteiger partial charge in [-0.05, 0) is 19.1 Å². The summed E-state index contributed by atoms with van der Waals surface area (Å²) in [4.78, 5) is 24.5. The molecule has 1 atom stereocenters. The number of urea groups is 1. The first-order chi connectivity index (χ1) is 8.18. The van der Waals surface area contributed by atoms with E-state index in [1.165, 1.54) is 16.7 Å². The minimum absolute atomic E-state index is 0.142. The number of furan rings is 1. The van der Waals surface area contributed by atoms with Gasteiger partial charge in [-0.3, -0.25) is 9.69 Å². The van der Waals surface area contributed by atoms with E-state index in [0.29, 0.717) is 18.8 Å². The van der Waals surface area contributed by atoms with Crippen molar-refractivity contribution in [3.8, 4) is 0 Å². The molecular weight excluding hydrogens is 240 g/mol. The molecule has 1 aliphatic rings. The van der Waals surface area contributed by atoms with Crippen molar-refractivity contribution in [3.63, 3.8) is 0 Å². The predicted molar refractivity (Wildman–Crippen MR) is 64.6 cm³/mol. The number of nitrogens with one attached hydrogen (secondary N) is 1. The highest BCUT2D eigenvalue weighted by Gasteiger charge is 2.29. The molecule has 1 aromatic rings. The van der Waals surface area contributed by atoms with E-state index in [0.717, 1.165) is 5.76 Å². The van der Waals surface area contributed by atoms with Gasteiger partial charge in [0.2, 0.25) is 5.91 Å². The highest BCUT2D eigenvalue weighted by Crippen LogP contribution is 2.20. The average molecular weight is 254 g/mol.